The van der Waals surface area contributed by atoms with Crippen molar-refractivity contribution in [1.82, 2.24) is 10.2 Å². The number of nitrogens with one attached hydrogen (secondary N) is 1. The topological polar surface area (TPSA) is 24.5 Å². The summed E-state index contributed by atoms with van der Waals surface area (Å²) in [6, 6.07) is 8.88. The summed E-state index contributed by atoms with van der Waals surface area (Å²) in [4.78, 5) is 2.20. The van der Waals surface area contributed by atoms with Crippen molar-refractivity contribution in [2.75, 3.05) is 27.2 Å². The van der Waals surface area contributed by atoms with Gasteiger partial charge in [0, 0.05) is 19.1 Å². The number of ether oxygens (including phenoxy) is 1. The van der Waals surface area contributed by atoms with Gasteiger partial charge in [-0.15, -0.1) is 0 Å². The SMILES string of the molecule is CCCCOc1ccc(CNC(C)CN(C)C)cc1. The number of hydrogen-bond acceptors (Lipinski definition) is 3. The first-order chi connectivity index (χ1) is 9.11. The van der Waals surface area contributed by atoms with Crippen LogP contribution in [0.15, 0.2) is 24.3 Å². The van der Waals surface area contributed by atoms with Crippen molar-refractivity contribution >= 4 is 0 Å². The van der Waals surface area contributed by atoms with E-state index in [9.17, 15) is 0 Å². The van der Waals surface area contributed by atoms with Crippen molar-refractivity contribution in [3.8, 4) is 5.75 Å². The molecule has 108 valence electrons. The first-order valence-electron chi connectivity index (χ1n) is 7.21. The van der Waals surface area contributed by atoms with Crippen LogP contribution in [0.5, 0.6) is 5.75 Å². The van der Waals surface area contributed by atoms with Gasteiger partial charge in [-0.05, 0) is 45.1 Å². The van der Waals surface area contributed by atoms with E-state index in [1.54, 1.807) is 0 Å². The Morgan fingerprint density at radius 3 is 2.47 bits per heavy atom. The molecule has 1 aromatic rings. The molecule has 0 radical (unpaired) electrons. The van der Waals surface area contributed by atoms with Gasteiger partial charge in [0.05, 0.1) is 6.61 Å². The lowest BCUT2D eigenvalue weighted by atomic mass is 10.2. The molecule has 0 aliphatic heterocycles. The second-order valence-electron chi connectivity index (χ2n) is 5.39. The van der Waals surface area contributed by atoms with E-state index in [0.29, 0.717) is 6.04 Å². The summed E-state index contributed by atoms with van der Waals surface area (Å²) >= 11 is 0. The molecule has 0 aromatic heterocycles. The number of nitrogens with zero attached hydrogens (tertiary/aromatic N) is 1. The lowest BCUT2D eigenvalue weighted by Crippen LogP contribution is -2.35. The van der Waals surface area contributed by atoms with Gasteiger partial charge in [0.2, 0.25) is 0 Å². The van der Waals surface area contributed by atoms with Crippen LogP contribution in [0.2, 0.25) is 0 Å². The zero-order valence-corrected chi connectivity index (χ0v) is 12.8. The molecular formula is C16H28N2O. The molecule has 0 aliphatic rings. The van der Waals surface area contributed by atoms with Gasteiger partial charge in [0.25, 0.3) is 0 Å². The molecule has 1 aromatic carbocycles. The molecule has 0 fully saturated rings. The van der Waals surface area contributed by atoms with Crippen molar-refractivity contribution in [2.45, 2.75) is 39.3 Å². The third-order valence-corrected chi connectivity index (χ3v) is 2.98. The maximum absolute atomic E-state index is 5.65. The first kappa shape index (κ1) is 16.0. The summed E-state index contributed by atoms with van der Waals surface area (Å²) in [6.45, 7) is 7.16. The first-order valence-corrected chi connectivity index (χ1v) is 7.21. The van der Waals surface area contributed by atoms with Crippen molar-refractivity contribution in [2.24, 2.45) is 0 Å². The number of unbranched alkanes of at least 4 members (excludes halogenated alkanes) is 1. The smallest absolute Gasteiger partial charge is 0.119 e. The highest BCUT2D eigenvalue weighted by Gasteiger charge is 2.02. The van der Waals surface area contributed by atoms with Gasteiger partial charge in [0.15, 0.2) is 0 Å². The van der Waals surface area contributed by atoms with E-state index in [0.717, 1.165) is 31.9 Å². The number of rotatable bonds is 9. The fourth-order valence-corrected chi connectivity index (χ4v) is 1.94. The van der Waals surface area contributed by atoms with Crippen LogP contribution in [0.3, 0.4) is 0 Å². The highest BCUT2D eigenvalue weighted by atomic mass is 16.5. The molecule has 0 spiro atoms. The Morgan fingerprint density at radius 2 is 1.89 bits per heavy atom. The summed E-state index contributed by atoms with van der Waals surface area (Å²) in [5, 5.41) is 3.52. The quantitative estimate of drug-likeness (QED) is 0.694. The predicted molar refractivity (Wildman–Crippen MR) is 81.7 cm³/mol. The highest BCUT2D eigenvalue weighted by molar-refractivity contribution is 5.27. The normalized spacial score (nSPS) is 12.7. The van der Waals surface area contributed by atoms with Gasteiger partial charge in [-0.1, -0.05) is 25.5 Å². The molecule has 0 amide bonds. The monoisotopic (exact) mass is 264 g/mol. The Morgan fingerprint density at radius 1 is 1.21 bits per heavy atom. The van der Waals surface area contributed by atoms with E-state index < -0.39 is 0 Å². The van der Waals surface area contributed by atoms with Gasteiger partial charge < -0.3 is 15.0 Å². The Balaban J connectivity index is 2.31. The Hall–Kier alpha value is -1.06. The summed E-state index contributed by atoms with van der Waals surface area (Å²) in [5.41, 5.74) is 1.30. The minimum absolute atomic E-state index is 0.496. The van der Waals surface area contributed by atoms with Crippen molar-refractivity contribution in [1.29, 1.82) is 0 Å². The van der Waals surface area contributed by atoms with E-state index in [1.807, 2.05) is 0 Å². The largest absolute Gasteiger partial charge is 0.494 e. The van der Waals surface area contributed by atoms with Crippen molar-refractivity contribution < 1.29 is 4.74 Å². The zero-order valence-electron chi connectivity index (χ0n) is 12.8. The Labute approximate surface area is 118 Å². The number of hydrogen-bond donors (Lipinski definition) is 1. The highest BCUT2D eigenvalue weighted by Crippen LogP contribution is 2.12. The summed E-state index contributed by atoms with van der Waals surface area (Å²) in [7, 11) is 4.20. The van der Waals surface area contributed by atoms with Crippen LogP contribution in [0.1, 0.15) is 32.3 Å². The van der Waals surface area contributed by atoms with E-state index >= 15 is 0 Å². The lowest BCUT2D eigenvalue weighted by molar-refractivity contribution is 0.309. The maximum atomic E-state index is 5.65. The van der Waals surface area contributed by atoms with E-state index in [2.05, 4.69) is 62.4 Å². The second-order valence-corrected chi connectivity index (χ2v) is 5.39. The summed E-state index contributed by atoms with van der Waals surface area (Å²) < 4.78 is 5.65. The van der Waals surface area contributed by atoms with Crippen LogP contribution in [0, 0.1) is 0 Å². The van der Waals surface area contributed by atoms with Crippen LogP contribution in [0.25, 0.3) is 0 Å². The van der Waals surface area contributed by atoms with Crippen LogP contribution in [-0.2, 0) is 6.54 Å². The minimum atomic E-state index is 0.496. The van der Waals surface area contributed by atoms with Crippen molar-refractivity contribution in [3.05, 3.63) is 29.8 Å². The summed E-state index contributed by atoms with van der Waals surface area (Å²) in [6.07, 6.45) is 2.29. The second kappa shape index (κ2) is 8.94. The Bertz CT molecular complexity index is 335. The average Bonchev–Trinajstić information content (AvgIpc) is 2.37. The standard InChI is InChI=1S/C16H28N2O/c1-5-6-11-19-16-9-7-15(8-10-16)12-17-14(2)13-18(3)4/h7-10,14,17H,5-6,11-13H2,1-4H3. The maximum Gasteiger partial charge on any atom is 0.119 e. The van der Waals surface area contributed by atoms with Gasteiger partial charge in [-0.3, -0.25) is 0 Å². The van der Waals surface area contributed by atoms with Crippen LogP contribution in [0.4, 0.5) is 0 Å². The Kier molecular flexibility index (Phi) is 7.53. The molecule has 1 N–H and O–H groups in total. The third kappa shape index (κ3) is 7.19. The fourth-order valence-electron chi connectivity index (χ4n) is 1.94. The molecule has 1 rings (SSSR count). The van der Waals surface area contributed by atoms with Gasteiger partial charge in [-0.25, -0.2) is 0 Å². The van der Waals surface area contributed by atoms with E-state index in [1.165, 1.54) is 12.0 Å². The third-order valence-electron chi connectivity index (χ3n) is 2.98. The fraction of sp³-hybridized carbons (Fsp3) is 0.625. The van der Waals surface area contributed by atoms with Crippen LogP contribution < -0.4 is 10.1 Å². The molecule has 0 aliphatic carbocycles. The lowest BCUT2D eigenvalue weighted by Gasteiger charge is -2.18. The average molecular weight is 264 g/mol. The molecule has 0 bridgehead atoms. The summed E-state index contributed by atoms with van der Waals surface area (Å²) in [5.74, 6) is 0.971. The molecule has 3 heteroatoms. The van der Waals surface area contributed by atoms with Crippen LogP contribution >= 0.6 is 0 Å². The van der Waals surface area contributed by atoms with Crippen LogP contribution in [-0.4, -0.2) is 38.2 Å². The molecule has 0 saturated carbocycles. The molecular weight excluding hydrogens is 236 g/mol. The van der Waals surface area contributed by atoms with Gasteiger partial charge in [-0.2, -0.15) is 0 Å². The molecule has 1 unspecified atom stereocenters. The number of benzene rings is 1. The molecule has 0 heterocycles. The molecule has 1 atom stereocenters. The predicted octanol–water partition coefficient (Wildman–Crippen LogP) is 2.91. The van der Waals surface area contributed by atoms with E-state index in [-0.39, 0.29) is 0 Å². The molecule has 0 saturated heterocycles. The zero-order chi connectivity index (χ0) is 14.1. The molecule has 3 nitrogen and oxygen atoms in total. The minimum Gasteiger partial charge on any atom is -0.494 e. The number of likely N-dealkylation sites (N-methyl/N-ethyl adjacent to an activating group) is 1. The molecule has 19 heavy (non-hydrogen) atoms. The van der Waals surface area contributed by atoms with Gasteiger partial charge in [0.1, 0.15) is 5.75 Å². The van der Waals surface area contributed by atoms with E-state index in [4.69, 9.17) is 4.74 Å². The van der Waals surface area contributed by atoms with Gasteiger partial charge >= 0.3 is 0 Å². The van der Waals surface area contributed by atoms with Crippen molar-refractivity contribution in [3.63, 3.8) is 0 Å².